The van der Waals surface area contributed by atoms with Crippen LogP contribution in [-0.2, 0) is 17.6 Å². The molecule has 0 aliphatic heterocycles. The molecule has 0 aliphatic rings. The number of para-hydroxylation sites is 2. The third kappa shape index (κ3) is 9.57. The second kappa shape index (κ2) is 18.7. The van der Waals surface area contributed by atoms with Crippen molar-refractivity contribution in [3.05, 3.63) is 119 Å². The van der Waals surface area contributed by atoms with Crippen LogP contribution in [-0.4, -0.2) is 21.0 Å². The Morgan fingerprint density at radius 3 is 1.74 bits per heavy atom. The van der Waals surface area contributed by atoms with Gasteiger partial charge in [-0.25, -0.2) is 14.8 Å². The number of carbonyl (C=O) groups is 1. The monoisotopic (exact) mass is 756 g/mol. The molecule has 270 valence electrons. The van der Waals surface area contributed by atoms with Crippen molar-refractivity contribution < 1.29 is 9.90 Å². The number of unbranched alkanes of at least 4 members (excludes halogenated alkanes) is 6. The summed E-state index contributed by atoms with van der Waals surface area (Å²) in [7, 11) is 0. The van der Waals surface area contributed by atoms with Crippen molar-refractivity contribution >= 4 is 63.1 Å². The van der Waals surface area contributed by atoms with Crippen LogP contribution in [0.2, 0.25) is 0 Å². The van der Waals surface area contributed by atoms with Crippen LogP contribution in [0.1, 0.15) is 81.5 Å². The number of anilines is 3. The summed E-state index contributed by atoms with van der Waals surface area (Å²) in [4.78, 5) is 28.3. The number of thiophene rings is 1. The highest BCUT2D eigenvalue weighted by atomic mass is 32.1. The van der Waals surface area contributed by atoms with E-state index in [0.29, 0.717) is 0 Å². The van der Waals surface area contributed by atoms with Crippen LogP contribution in [0, 0.1) is 11.3 Å². The van der Waals surface area contributed by atoms with Gasteiger partial charge in [-0.2, -0.15) is 5.26 Å². The van der Waals surface area contributed by atoms with Gasteiger partial charge in [0.1, 0.15) is 11.6 Å². The summed E-state index contributed by atoms with van der Waals surface area (Å²) < 4.78 is 0. The molecule has 1 N–H and O–H groups in total. The molecule has 3 heterocycles. The maximum Gasteiger partial charge on any atom is 0.346 e. The maximum absolute atomic E-state index is 11.5. The van der Waals surface area contributed by atoms with Crippen LogP contribution in [0.5, 0.6) is 0 Å². The number of carboxylic acids is 1. The predicted octanol–water partition coefficient (Wildman–Crippen LogP) is 13.4. The zero-order chi connectivity index (χ0) is 37.0. The SMILES string of the molecule is CCCCCCc1nc(-c2nc(CCCCCC)c(-c3ccc(/C=C(\C#N)C(=O)O)s3)s2)sc1-c1ccc(N(c2ccccc2)c2ccccc2)cc1. The van der Waals surface area contributed by atoms with Gasteiger partial charge in [-0.15, -0.1) is 34.0 Å². The zero-order valence-corrected chi connectivity index (χ0v) is 32.7. The lowest BCUT2D eigenvalue weighted by Crippen LogP contribution is -2.09. The lowest BCUT2D eigenvalue weighted by molar-refractivity contribution is -0.132. The summed E-state index contributed by atoms with van der Waals surface area (Å²) in [5.74, 6) is -1.22. The van der Waals surface area contributed by atoms with Gasteiger partial charge in [0.25, 0.3) is 0 Å². The molecule has 6 rings (SSSR count). The lowest BCUT2D eigenvalue weighted by Gasteiger charge is -2.25. The molecule has 0 radical (unpaired) electrons. The number of aliphatic carboxylic acids is 1. The summed E-state index contributed by atoms with van der Waals surface area (Å²) in [5.41, 5.74) is 6.37. The fourth-order valence-electron chi connectivity index (χ4n) is 6.28. The average Bonchev–Trinajstić information content (AvgIpc) is 3.94. The Labute approximate surface area is 324 Å². The third-order valence-corrected chi connectivity index (χ3v) is 12.6. The number of hydrogen-bond donors (Lipinski definition) is 1. The van der Waals surface area contributed by atoms with E-state index < -0.39 is 5.97 Å². The molecule has 0 saturated heterocycles. The normalized spacial score (nSPS) is 11.5. The van der Waals surface area contributed by atoms with E-state index in [1.54, 1.807) is 28.7 Å². The highest BCUT2D eigenvalue weighted by Crippen LogP contribution is 2.44. The Balaban J connectivity index is 1.36. The molecular formula is C44H44N4O2S3. The predicted molar refractivity (Wildman–Crippen MR) is 224 cm³/mol. The highest BCUT2D eigenvalue weighted by Gasteiger charge is 2.22. The molecule has 0 aliphatic carbocycles. The van der Waals surface area contributed by atoms with E-state index in [1.807, 2.05) is 24.3 Å². The van der Waals surface area contributed by atoms with Crippen molar-refractivity contribution in [3.63, 3.8) is 0 Å². The molecule has 0 atom stereocenters. The minimum atomic E-state index is -1.22. The van der Waals surface area contributed by atoms with E-state index in [9.17, 15) is 15.2 Å². The number of hydrogen-bond acceptors (Lipinski definition) is 8. The first-order valence-corrected chi connectivity index (χ1v) is 20.9. The maximum atomic E-state index is 11.5. The molecule has 0 saturated carbocycles. The molecule has 3 aromatic carbocycles. The third-order valence-electron chi connectivity index (χ3n) is 9.02. The number of thiazole rings is 2. The van der Waals surface area contributed by atoms with Crippen LogP contribution in [0.25, 0.3) is 36.3 Å². The molecule has 0 bridgehead atoms. The zero-order valence-electron chi connectivity index (χ0n) is 30.3. The molecule has 9 heteroatoms. The van der Waals surface area contributed by atoms with Gasteiger partial charge in [-0.05, 0) is 85.9 Å². The number of nitriles is 1. The van der Waals surface area contributed by atoms with Crippen molar-refractivity contribution in [2.24, 2.45) is 0 Å². The van der Waals surface area contributed by atoms with Crippen molar-refractivity contribution in [1.29, 1.82) is 5.26 Å². The Morgan fingerprint density at radius 2 is 1.21 bits per heavy atom. The number of nitrogens with zero attached hydrogens (tertiary/aromatic N) is 4. The molecule has 0 amide bonds. The first-order chi connectivity index (χ1) is 26.0. The molecule has 0 fully saturated rings. The Kier molecular flexibility index (Phi) is 13.4. The standard InChI is InChI=1S/C44H44N4O2S3/c1-3-5-7-15-21-37-40(31-23-25-35(26-24-31)48(33-17-11-9-12-18-33)34-19-13-10-14-20-34)52-42(46-37)43-47-38(22-16-8-6-4-2)41(53-43)39-28-27-36(51-39)29-32(30-45)44(49)50/h9-14,17-20,23-29H,3-8,15-16,21-22H2,1-2H3,(H,49,50)/b32-29+. The highest BCUT2D eigenvalue weighted by molar-refractivity contribution is 7.27. The van der Waals surface area contributed by atoms with E-state index in [-0.39, 0.29) is 5.57 Å². The van der Waals surface area contributed by atoms with E-state index in [2.05, 4.69) is 91.5 Å². The molecule has 6 nitrogen and oxygen atoms in total. The average molecular weight is 757 g/mol. The van der Waals surface area contributed by atoms with Crippen molar-refractivity contribution in [2.75, 3.05) is 4.90 Å². The van der Waals surface area contributed by atoms with Gasteiger partial charge in [0.15, 0.2) is 10.0 Å². The molecule has 0 spiro atoms. The summed E-state index contributed by atoms with van der Waals surface area (Å²) in [5, 5.41) is 20.5. The smallest absolute Gasteiger partial charge is 0.346 e. The summed E-state index contributed by atoms with van der Waals surface area (Å²) in [6.07, 6.45) is 12.5. The Hall–Kier alpha value is -4.88. The van der Waals surface area contributed by atoms with Crippen LogP contribution in [0.15, 0.2) is 103 Å². The largest absolute Gasteiger partial charge is 0.477 e. The first kappa shape index (κ1) is 37.9. The summed E-state index contributed by atoms with van der Waals surface area (Å²) in [6, 6.07) is 35.5. The van der Waals surface area contributed by atoms with Crippen LogP contribution >= 0.6 is 34.0 Å². The summed E-state index contributed by atoms with van der Waals surface area (Å²) in [6.45, 7) is 4.46. The Morgan fingerprint density at radius 1 is 0.679 bits per heavy atom. The van der Waals surface area contributed by atoms with E-state index in [0.717, 1.165) is 90.8 Å². The van der Waals surface area contributed by atoms with Crippen molar-refractivity contribution in [3.8, 4) is 36.3 Å². The van der Waals surface area contributed by atoms with Crippen LogP contribution in [0.4, 0.5) is 17.1 Å². The van der Waals surface area contributed by atoms with Gasteiger partial charge in [-0.1, -0.05) is 101 Å². The molecule has 53 heavy (non-hydrogen) atoms. The molecule has 0 unspecified atom stereocenters. The van der Waals surface area contributed by atoms with E-state index in [4.69, 9.17) is 9.97 Å². The number of rotatable bonds is 18. The van der Waals surface area contributed by atoms with E-state index in [1.165, 1.54) is 54.4 Å². The Bertz CT molecular complexity index is 2120. The van der Waals surface area contributed by atoms with Crippen molar-refractivity contribution in [2.45, 2.75) is 78.1 Å². The fraction of sp³-hybridized carbons (Fsp3) is 0.273. The van der Waals surface area contributed by atoms with Crippen molar-refractivity contribution in [1.82, 2.24) is 9.97 Å². The first-order valence-electron chi connectivity index (χ1n) is 18.4. The van der Waals surface area contributed by atoms with Gasteiger partial charge in [0, 0.05) is 26.8 Å². The lowest BCUT2D eigenvalue weighted by atomic mass is 10.1. The quantitative estimate of drug-likeness (QED) is 0.0533. The van der Waals surface area contributed by atoms with Gasteiger partial charge in [-0.3, -0.25) is 0 Å². The molecule has 6 aromatic rings. The minimum Gasteiger partial charge on any atom is -0.477 e. The minimum absolute atomic E-state index is 0.272. The van der Waals surface area contributed by atoms with Crippen LogP contribution in [0.3, 0.4) is 0 Å². The molecular weight excluding hydrogens is 713 g/mol. The molecule has 3 aromatic heterocycles. The second-order valence-corrected chi connectivity index (χ2v) is 16.1. The van der Waals surface area contributed by atoms with Gasteiger partial charge < -0.3 is 10.0 Å². The number of benzene rings is 3. The summed E-state index contributed by atoms with van der Waals surface area (Å²) >= 11 is 4.88. The number of aryl methyl sites for hydroxylation is 2. The number of carboxylic acid groups (broad SMARTS) is 1. The number of aromatic nitrogens is 2. The van der Waals surface area contributed by atoms with E-state index >= 15 is 0 Å². The second-order valence-electron chi connectivity index (χ2n) is 12.9. The topological polar surface area (TPSA) is 90.1 Å². The van der Waals surface area contributed by atoms with Gasteiger partial charge in [0.05, 0.1) is 21.1 Å². The van der Waals surface area contributed by atoms with Gasteiger partial charge in [0.2, 0.25) is 0 Å². The van der Waals surface area contributed by atoms with Crippen LogP contribution < -0.4 is 4.90 Å². The van der Waals surface area contributed by atoms with Gasteiger partial charge >= 0.3 is 5.97 Å². The fourth-order valence-corrected chi connectivity index (χ4v) is 9.61.